The summed E-state index contributed by atoms with van der Waals surface area (Å²) in [5.41, 5.74) is -0.711. The number of rotatable bonds is 10. The van der Waals surface area contributed by atoms with Crippen molar-refractivity contribution in [1.29, 1.82) is 0 Å². The minimum Gasteiger partial charge on any atom is -0.477 e. The number of pyridine rings is 1. The SMILES string of the molecule is CC(=O)N[C@@H](C)COC1CC(COc2ccc3nc(OCC4(F)COC4)sc3n2)C1. The number of carbonyl (C=O) groups excluding carboxylic acids is 1. The molecule has 0 bridgehead atoms. The zero-order valence-electron chi connectivity index (χ0n) is 17.1. The molecule has 2 aromatic heterocycles. The van der Waals surface area contributed by atoms with E-state index in [1.165, 1.54) is 18.3 Å². The van der Waals surface area contributed by atoms with Crippen molar-refractivity contribution in [3.8, 4) is 11.1 Å². The van der Waals surface area contributed by atoms with Crippen LogP contribution in [0.25, 0.3) is 10.3 Å². The van der Waals surface area contributed by atoms with Crippen molar-refractivity contribution in [3.63, 3.8) is 0 Å². The molecule has 0 unspecified atom stereocenters. The molecular weight excluding hydrogens is 413 g/mol. The fourth-order valence-corrected chi connectivity index (χ4v) is 4.12. The molecule has 4 rings (SSSR count). The number of ether oxygens (including phenoxy) is 4. The molecule has 1 aliphatic heterocycles. The minimum atomic E-state index is -1.41. The first-order valence-electron chi connectivity index (χ1n) is 10.1. The van der Waals surface area contributed by atoms with Crippen LogP contribution in [0.3, 0.4) is 0 Å². The van der Waals surface area contributed by atoms with Crippen molar-refractivity contribution in [3.05, 3.63) is 12.1 Å². The van der Waals surface area contributed by atoms with Gasteiger partial charge in [-0.3, -0.25) is 4.79 Å². The average Bonchev–Trinajstić information content (AvgIpc) is 3.04. The van der Waals surface area contributed by atoms with Crippen molar-refractivity contribution in [2.45, 2.75) is 44.5 Å². The Balaban J connectivity index is 1.19. The molecule has 2 fully saturated rings. The molecule has 10 heteroatoms. The normalized spacial score (nSPS) is 23.3. The lowest BCUT2D eigenvalue weighted by atomic mass is 9.83. The maximum absolute atomic E-state index is 14.0. The molecule has 1 N–H and O–H groups in total. The highest BCUT2D eigenvalue weighted by Crippen LogP contribution is 2.32. The summed E-state index contributed by atoms with van der Waals surface area (Å²) in [6.07, 6.45) is 2.08. The zero-order chi connectivity index (χ0) is 21.1. The largest absolute Gasteiger partial charge is 0.477 e. The summed E-state index contributed by atoms with van der Waals surface area (Å²) in [4.78, 5) is 20.5. The lowest BCUT2D eigenvalue weighted by Gasteiger charge is -2.35. The fraction of sp³-hybridized carbons (Fsp3) is 0.650. The highest BCUT2D eigenvalue weighted by Gasteiger charge is 2.40. The van der Waals surface area contributed by atoms with Gasteiger partial charge < -0.3 is 24.3 Å². The van der Waals surface area contributed by atoms with Gasteiger partial charge in [-0.25, -0.2) is 14.4 Å². The van der Waals surface area contributed by atoms with Crippen LogP contribution >= 0.6 is 11.3 Å². The molecule has 2 aromatic rings. The maximum atomic E-state index is 14.0. The van der Waals surface area contributed by atoms with E-state index >= 15 is 0 Å². The van der Waals surface area contributed by atoms with Crippen LogP contribution < -0.4 is 14.8 Å². The van der Waals surface area contributed by atoms with Gasteiger partial charge in [0.15, 0.2) is 10.5 Å². The lowest BCUT2D eigenvalue weighted by molar-refractivity contribution is -0.146. The van der Waals surface area contributed by atoms with Gasteiger partial charge in [0.25, 0.3) is 5.19 Å². The standard InChI is InChI=1S/C20H26FN3O5S/c1-12(22-13(2)25)7-27-15-5-14(6-15)8-28-17-4-3-16-18(24-17)30-19(23-16)29-11-20(21)9-26-10-20/h3-4,12,14-15H,5-11H2,1-2H3,(H,22,25)/t12-,14?,15?/m0/s1. The van der Waals surface area contributed by atoms with Crippen molar-refractivity contribution in [2.75, 3.05) is 33.0 Å². The molecule has 1 aliphatic carbocycles. The van der Waals surface area contributed by atoms with Gasteiger partial charge in [-0.2, -0.15) is 0 Å². The number of carbonyl (C=O) groups is 1. The zero-order valence-corrected chi connectivity index (χ0v) is 17.9. The van der Waals surface area contributed by atoms with Gasteiger partial charge in [-0.05, 0) is 31.7 Å². The monoisotopic (exact) mass is 439 g/mol. The molecule has 1 saturated carbocycles. The van der Waals surface area contributed by atoms with Crippen molar-refractivity contribution in [2.24, 2.45) is 5.92 Å². The Hall–Kier alpha value is -2.04. The predicted octanol–water partition coefficient (Wildman–Crippen LogP) is 2.51. The number of thiazole rings is 1. The summed E-state index contributed by atoms with van der Waals surface area (Å²) in [6.45, 7) is 4.59. The van der Waals surface area contributed by atoms with Crippen LogP contribution in [0.1, 0.15) is 26.7 Å². The van der Waals surface area contributed by atoms with Gasteiger partial charge >= 0.3 is 0 Å². The Kier molecular flexibility index (Phi) is 6.35. The third-order valence-electron chi connectivity index (χ3n) is 5.08. The van der Waals surface area contributed by atoms with Gasteiger partial charge in [0.2, 0.25) is 11.8 Å². The molecule has 164 valence electrons. The molecule has 0 aromatic carbocycles. The van der Waals surface area contributed by atoms with E-state index in [4.69, 9.17) is 18.9 Å². The number of alkyl halides is 1. The Morgan fingerprint density at radius 2 is 2.17 bits per heavy atom. The summed E-state index contributed by atoms with van der Waals surface area (Å²) in [5, 5.41) is 3.20. The Labute approximate surface area is 178 Å². The highest BCUT2D eigenvalue weighted by molar-refractivity contribution is 7.19. The van der Waals surface area contributed by atoms with Gasteiger partial charge in [0.05, 0.1) is 32.5 Å². The minimum absolute atomic E-state index is 0.0134. The molecule has 1 atom stereocenters. The quantitative estimate of drug-likeness (QED) is 0.608. The second-order valence-electron chi connectivity index (χ2n) is 8.09. The van der Waals surface area contributed by atoms with Crippen LogP contribution in [0.15, 0.2) is 12.1 Å². The number of nitrogens with zero attached hydrogens (tertiary/aromatic N) is 2. The molecule has 0 spiro atoms. The van der Waals surface area contributed by atoms with Crippen molar-refractivity contribution >= 4 is 27.6 Å². The Morgan fingerprint density at radius 1 is 1.37 bits per heavy atom. The Bertz CT molecular complexity index is 884. The van der Waals surface area contributed by atoms with Crippen LogP contribution in [0.4, 0.5) is 4.39 Å². The first kappa shape index (κ1) is 21.2. The smallest absolute Gasteiger partial charge is 0.275 e. The fourth-order valence-electron chi connectivity index (χ4n) is 3.34. The van der Waals surface area contributed by atoms with Crippen LogP contribution in [0, 0.1) is 5.92 Å². The maximum Gasteiger partial charge on any atom is 0.275 e. The summed E-state index contributed by atoms with van der Waals surface area (Å²) in [6, 6.07) is 3.62. The molecule has 2 aliphatic rings. The topological polar surface area (TPSA) is 91.8 Å². The van der Waals surface area contributed by atoms with E-state index in [0.717, 1.165) is 12.8 Å². The van der Waals surface area contributed by atoms with E-state index in [2.05, 4.69) is 15.3 Å². The van der Waals surface area contributed by atoms with Crippen LogP contribution in [-0.2, 0) is 14.3 Å². The van der Waals surface area contributed by atoms with Crippen molar-refractivity contribution in [1.82, 2.24) is 15.3 Å². The first-order chi connectivity index (χ1) is 14.4. The second-order valence-corrected chi connectivity index (χ2v) is 9.03. The number of hydrogen-bond acceptors (Lipinski definition) is 8. The van der Waals surface area contributed by atoms with E-state index in [0.29, 0.717) is 40.6 Å². The molecule has 3 heterocycles. The Morgan fingerprint density at radius 3 is 2.87 bits per heavy atom. The number of aromatic nitrogens is 2. The summed E-state index contributed by atoms with van der Waals surface area (Å²) >= 11 is 1.27. The number of nitrogens with one attached hydrogen (secondary N) is 1. The molecule has 1 saturated heterocycles. The summed E-state index contributed by atoms with van der Waals surface area (Å²) < 4.78 is 35.9. The number of fused-ring (bicyclic) bond motifs is 1. The molecular formula is C20H26FN3O5S. The van der Waals surface area contributed by atoms with E-state index in [1.807, 2.05) is 13.0 Å². The van der Waals surface area contributed by atoms with E-state index < -0.39 is 5.67 Å². The molecule has 8 nitrogen and oxygen atoms in total. The van der Waals surface area contributed by atoms with E-state index in [9.17, 15) is 9.18 Å². The van der Waals surface area contributed by atoms with Crippen LogP contribution in [0.5, 0.6) is 11.1 Å². The number of hydrogen-bond donors (Lipinski definition) is 1. The van der Waals surface area contributed by atoms with Crippen molar-refractivity contribution < 1.29 is 28.1 Å². The van der Waals surface area contributed by atoms with Crippen LogP contribution in [0.2, 0.25) is 0 Å². The lowest BCUT2D eigenvalue weighted by Crippen LogP contribution is -2.50. The summed E-state index contributed by atoms with van der Waals surface area (Å²) in [7, 11) is 0. The van der Waals surface area contributed by atoms with Gasteiger partial charge in [0.1, 0.15) is 12.1 Å². The molecule has 1 amide bonds. The third-order valence-corrected chi connectivity index (χ3v) is 5.95. The summed E-state index contributed by atoms with van der Waals surface area (Å²) in [5.74, 6) is 0.916. The molecule has 0 radical (unpaired) electrons. The highest BCUT2D eigenvalue weighted by atomic mass is 32.1. The van der Waals surface area contributed by atoms with E-state index in [-0.39, 0.29) is 37.9 Å². The average molecular weight is 440 g/mol. The van der Waals surface area contributed by atoms with Gasteiger partial charge in [-0.15, -0.1) is 0 Å². The van der Waals surface area contributed by atoms with E-state index in [1.54, 1.807) is 6.07 Å². The predicted molar refractivity (Wildman–Crippen MR) is 109 cm³/mol. The van der Waals surface area contributed by atoms with Crippen LogP contribution in [-0.4, -0.2) is 66.7 Å². The van der Waals surface area contributed by atoms with Gasteiger partial charge in [-0.1, -0.05) is 11.3 Å². The second kappa shape index (κ2) is 8.99. The number of amides is 1. The molecule has 30 heavy (non-hydrogen) atoms. The number of halogens is 1. The first-order valence-corrected chi connectivity index (χ1v) is 10.9. The van der Waals surface area contributed by atoms with Gasteiger partial charge in [0, 0.05) is 19.0 Å². The third kappa shape index (κ3) is 5.35.